The molecular weight excluding hydrogens is 344 g/mol. The van der Waals surface area contributed by atoms with Gasteiger partial charge in [-0.25, -0.2) is 4.98 Å². The lowest BCUT2D eigenvalue weighted by atomic mass is 10.1. The van der Waals surface area contributed by atoms with Gasteiger partial charge in [-0.1, -0.05) is 42.5 Å². The fraction of sp³-hybridized carbons (Fsp3) is 0.0417. The summed E-state index contributed by atoms with van der Waals surface area (Å²) in [5, 5.41) is 18.1. The summed E-state index contributed by atoms with van der Waals surface area (Å²) in [6, 6.07) is 29.4. The van der Waals surface area contributed by atoms with Gasteiger partial charge in [0, 0.05) is 23.9 Å². The Morgan fingerprint density at radius 3 is 1.96 bits per heavy atom. The van der Waals surface area contributed by atoms with Crippen molar-refractivity contribution in [1.29, 1.82) is 10.5 Å². The molecule has 4 aromatic rings. The summed E-state index contributed by atoms with van der Waals surface area (Å²) in [6.07, 6.45) is 2.69. The van der Waals surface area contributed by atoms with Crippen LogP contribution in [0.2, 0.25) is 0 Å². The van der Waals surface area contributed by atoms with Gasteiger partial charge in [-0.05, 0) is 42.0 Å². The molecule has 0 atom stereocenters. The van der Waals surface area contributed by atoms with Gasteiger partial charge in [0.05, 0.1) is 29.0 Å². The fourth-order valence-corrected chi connectivity index (χ4v) is 3.10. The summed E-state index contributed by atoms with van der Waals surface area (Å²) in [7, 11) is 0. The van der Waals surface area contributed by atoms with Gasteiger partial charge in [0.2, 0.25) is 0 Å². The Hall–Kier alpha value is -4.15. The average Bonchev–Trinajstić information content (AvgIpc) is 3.18. The smallest absolute Gasteiger partial charge is 0.118 e. The number of rotatable bonds is 4. The first-order valence-corrected chi connectivity index (χ1v) is 8.90. The molecule has 0 saturated carbocycles. The van der Waals surface area contributed by atoms with E-state index in [0.29, 0.717) is 17.5 Å². The van der Waals surface area contributed by atoms with Crippen LogP contribution < -0.4 is 0 Å². The molecule has 0 aliphatic heterocycles. The summed E-state index contributed by atoms with van der Waals surface area (Å²) >= 11 is 0. The standard InChI is InChI=1S/C24H16N4/c25-15-19-6-10-21(11-7-19)23-17-28(22-12-8-20(16-26)9-13-22)24(27-23)14-18-4-2-1-3-5-18/h1-13,17H,14H2. The van der Waals surface area contributed by atoms with Crippen molar-refractivity contribution < 1.29 is 0 Å². The number of imidazole rings is 1. The summed E-state index contributed by atoms with van der Waals surface area (Å²) in [4.78, 5) is 4.87. The molecule has 0 N–H and O–H groups in total. The topological polar surface area (TPSA) is 65.4 Å². The van der Waals surface area contributed by atoms with Gasteiger partial charge in [0.15, 0.2) is 0 Å². The molecule has 4 heteroatoms. The molecule has 28 heavy (non-hydrogen) atoms. The zero-order valence-corrected chi connectivity index (χ0v) is 15.1. The van der Waals surface area contributed by atoms with E-state index in [1.54, 1.807) is 12.1 Å². The number of aromatic nitrogens is 2. The first-order chi connectivity index (χ1) is 13.8. The lowest BCUT2D eigenvalue weighted by Gasteiger charge is -2.08. The maximum Gasteiger partial charge on any atom is 0.118 e. The van der Waals surface area contributed by atoms with Crippen LogP contribution in [0.5, 0.6) is 0 Å². The van der Waals surface area contributed by atoms with E-state index < -0.39 is 0 Å². The highest BCUT2D eigenvalue weighted by Gasteiger charge is 2.12. The van der Waals surface area contributed by atoms with Crippen molar-refractivity contribution in [3.8, 4) is 29.1 Å². The van der Waals surface area contributed by atoms with E-state index in [-0.39, 0.29) is 0 Å². The molecule has 4 nitrogen and oxygen atoms in total. The second-order valence-corrected chi connectivity index (χ2v) is 6.42. The van der Waals surface area contributed by atoms with E-state index in [1.165, 1.54) is 5.56 Å². The van der Waals surface area contributed by atoms with Crippen molar-refractivity contribution in [3.05, 3.63) is 108 Å². The van der Waals surface area contributed by atoms with Gasteiger partial charge >= 0.3 is 0 Å². The third-order valence-electron chi connectivity index (χ3n) is 4.57. The van der Waals surface area contributed by atoms with Crippen molar-refractivity contribution in [2.45, 2.75) is 6.42 Å². The molecule has 0 fully saturated rings. The Balaban J connectivity index is 1.78. The Bertz CT molecular complexity index is 1170. The van der Waals surface area contributed by atoms with Gasteiger partial charge in [-0.2, -0.15) is 10.5 Å². The predicted molar refractivity (Wildman–Crippen MR) is 108 cm³/mol. The van der Waals surface area contributed by atoms with Gasteiger partial charge in [0.1, 0.15) is 5.82 Å². The SMILES string of the molecule is N#Cc1ccc(-c2cn(-c3ccc(C#N)cc3)c(Cc3ccccc3)n2)cc1. The van der Waals surface area contributed by atoms with Crippen molar-refractivity contribution in [2.75, 3.05) is 0 Å². The lowest BCUT2D eigenvalue weighted by molar-refractivity contribution is 0.914. The van der Waals surface area contributed by atoms with E-state index in [4.69, 9.17) is 15.5 Å². The quantitative estimate of drug-likeness (QED) is 0.521. The molecule has 0 amide bonds. The molecule has 0 radical (unpaired) electrons. The minimum absolute atomic E-state index is 0.625. The van der Waals surface area contributed by atoms with E-state index >= 15 is 0 Å². The second kappa shape index (κ2) is 7.61. The first-order valence-electron chi connectivity index (χ1n) is 8.90. The third-order valence-corrected chi connectivity index (χ3v) is 4.57. The Morgan fingerprint density at radius 1 is 0.750 bits per heavy atom. The minimum Gasteiger partial charge on any atom is -0.303 e. The van der Waals surface area contributed by atoms with Crippen LogP contribution in [-0.2, 0) is 6.42 Å². The van der Waals surface area contributed by atoms with Crippen LogP contribution in [0.15, 0.2) is 85.1 Å². The van der Waals surface area contributed by atoms with Crippen molar-refractivity contribution in [2.24, 2.45) is 0 Å². The molecular formula is C24H16N4. The molecule has 0 aliphatic carbocycles. The van der Waals surface area contributed by atoms with Crippen LogP contribution in [-0.4, -0.2) is 9.55 Å². The van der Waals surface area contributed by atoms with Gasteiger partial charge in [0.25, 0.3) is 0 Å². The fourth-order valence-electron chi connectivity index (χ4n) is 3.10. The second-order valence-electron chi connectivity index (χ2n) is 6.42. The number of nitriles is 2. The molecule has 1 aromatic heterocycles. The van der Waals surface area contributed by atoms with E-state index in [1.807, 2.05) is 60.8 Å². The highest BCUT2D eigenvalue weighted by Crippen LogP contribution is 2.24. The normalized spacial score (nSPS) is 10.2. The molecule has 132 valence electrons. The zero-order valence-electron chi connectivity index (χ0n) is 15.1. The molecule has 0 aliphatic rings. The van der Waals surface area contributed by atoms with Crippen LogP contribution in [0.1, 0.15) is 22.5 Å². The summed E-state index contributed by atoms with van der Waals surface area (Å²) in [5.41, 5.74) is 5.19. The highest BCUT2D eigenvalue weighted by atomic mass is 15.1. The van der Waals surface area contributed by atoms with E-state index in [0.717, 1.165) is 22.8 Å². The summed E-state index contributed by atoms with van der Waals surface area (Å²) in [5.74, 6) is 0.912. The minimum atomic E-state index is 0.625. The average molecular weight is 360 g/mol. The first kappa shape index (κ1) is 17.3. The monoisotopic (exact) mass is 360 g/mol. The predicted octanol–water partition coefficient (Wildman–Crippen LogP) is 4.87. The van der Waals surface area contributed by atoms with Crippen LogP contribution in [0.3, 0.4) is 0 Å². The van der Waals surface area contributed by atoms with Crippen molar-refractivity contribution >= 4 is 0 Å². The van der Waals surface area contributed by atoms with Crippen molar-refractivity contribution in [3.63, 3.8) is 0 Å². The largest absolute Gasteiger partial charge is 0.303 e. The number of nitrogens with zero attached hydrogens (tertiary/aromatic N) is 4. The summed E-state index contributed by atoms with van der Waals surface area (Å²) < 4.78 is 2.06. The molecule has 1 heterocycles. The van der Waals surface area contributed by atoms with Gasteiger partial charge < -0.3 is 4.57 Å². The van der Waals surface area contributed by atoms with Crippen LogP contribution in [0.25, 0.3) is 16.9 Å². The van der Waals surface area contributed by atoms with Crippen LogP contribution in [0.4, 0.5) is 0 Å². The lowest BCUT2D eigenvalue weighted by Crippen LogP contribution is -2.01. The van der Waals surface area contributed by atoms with E-state index in [2.05, 4.69) is 28.8 Å². The molecule has 0 unspecified atom stereocenters. The molecule has 0 spiro atoms. The van der Waals surface area contributed by atoms with Crippen LogP contribution >= 0.6 is 0 Å². The Labute approximate surface area is 163 Å². The molecule has 0 saturated heterocycles. The Morgan fingerprint density at radius 2 is 1.36 bits per heavy atom. The highest BCUT2D eigenvalue weighted by molar-refractivity contribution is 5.61. The number of hydrogen-bond acceptors (Lipinski definition) is 3. The maximum atomic E-state index is 9.05. The number of benzene rings is 3. The molecule has 4 rings (SSSR count). The molecule has 3 aromatic carbocycles. The Kier molecular flexibility index (Phi) is 4.70. The van der Waals surface area contributed by atoms with Gasteiger partial charge in [-0.3, -0.25) is 0 Å². The number of hydrogen-bond donors (Lipinski definition) is 0. The van der Waals surface area contributed by atoms with Crippen molar-refractivity contribution in [1.82, 2.24) is 9.55 Å². The van der Waals surface area contributed by atoms with E-state index in [9.17, 15) is 0 Å². The molecule has 0 bridgehead atoms. The third kappa shape index (κ3) is 3.53. The zero-order chi connectivity index (χ0) is 19.3. The maximum absolute atomic E-state index is 9.05. The summed E-state index contributed by atoms with van der Waals surface area (Å²) in [6.45, 7) is 0. The van der Waals surface area contributed by atoms with Crippen LogP contribution in [0, 0.1) is 22.7 Å². The van der Waals surface area contributed by atoms with Gasteiger partial charge in [-0.15, -0.1) is 0 Å².